The van der Waals surface area contributed by atoms with Crippen LogP contribution in [0.2, 0.25) is 0 Å². The Morgan fingerprint density at radius 1 is 1.41 bits per heavy atom. The lowest BCUT2D eigenvalue weighted by molar-refractivity contribution is 0.0180. The van der Waals surface area contributed by atoms with E-state index in [0.717, 1.165) is 43.4 Å². The lowest BCUT2D eigenvalue weighted by Crippen LogP contribution is -2.41. The molecule has 6 heteroatoms. The summed E-state index contributed by atoms with van der Waals surface area (Å²) in [6.07, 6.45) is 8.12. The molecule has 0 atom stereocenters. The number of hydrogen-bond donors (Lipinski definition) is 0. The molecule has 1 aliphatic heterocycles. The van der Waals surface area contributed by atoms with Crippen LogP contribution >= 0.6 is 15.9 Å². The van der Waals surface area contributed by atoms with Crippen LogP contribution in [0.1, 0.15) is 46.5 Å². The molecule has 1 aromatic rings. The molecule has 0 bridgehead atoms. The van der Waals surface area contributed by atoms with Crippen LogP contribution in [0.4, 0.5) is 4.79 Å². The molecule has 0 aromatic carbocycles. The molecule has 0 radical (unpaired) electrons. The van der Waals surface area contributed by atoms with Crippen molar-refractivity contribution in [3.8, 4) is 0 Å². The highest BCUT2D eigenvalue weighted by atomic mass is 79.9. The van der Waals surface area contributed by atoms with Crippen molar-refractivity contribution in [2.75, 3.05) is 13.1 Å². The molecule has 0 unspecified atom stereocenters. The fourth-order valence-electron chi connectivity index (χ4n) is 2.73. The van der Waals surface area contributed by atoms with Gasteiger partial charge in [0.25, 0.3) is 0 Å². The summed E-state index contributed by atoms with van der Waals surface area (Å²) in [6.45, 7) is 8.31. The summed E-state index contributed by atoms with van der Waals surface area (Å²) in [6, 6.07) is 0. The van der Waals surface area contributed by atoms with Crippen molar-refractivity contribution in [2.24, 2.45) is 5.92 Å². The van der Waals surface area contributed by atoms with Crippen LogP contribution in [0, 0.1) is 5.92 Å². The van der Waals surface area contributed by atoms with Crippen molar-refractivity contribution in [1.29, 1.82) is 0 Å². The number of nitrogens with zero attached hydrogens (tertiary/aromatic N) is 3. The van der Waals surface area contributed by atoms with Crippen LogP contribution in [0.25, 0.3) is 0 Å². The number of amides is 1. The number of aromatic nitrogens is 2. The molecule has 2 rings (SSSR count). The molecule has 1 aromatic heterocycles. The first-order chi connectivity index (χ1) is 10.3. The highest BCUT2D eigenvalue weighted by Gasteiger charge is 2.26. The number of hydrogen-bond acceptors (Lipinski definition) is 3. The summed E-state index contributed by atoms with van der Waals surface area (Å²) in [5.41, 5.74) is -0.411. The highest BCUT2D eigenvalue weighted by Crippen LogP contribution is 2.23. The van der Waals surface area contributed by atoms with Gasteiger partial charge in [-0.25, -0.2) is 4.79 Å². The van der Waals surface area contributed by atoms with E-state index in [4.69, 9.17) is 4.74 Å². The van der Waals surface area contributed by atoms with Crippen LogP contribution in [0.3, 0.4) is 0 Å². The minimum Gasteiger partial charge on any atom is -0.444 e. The van der Waals surface area contributed by atoms with Crippen molar-refractivity contribution in [2.45, 2.75) is 58.6 Å². The van der Waals surface area contributed by atoms with Crippen LogP contribution < -0.4 is 0 Å². The Labute approximate surface area is 141 Å². The molecule has 5 nitrogen and oxygen atoms in total. The number of halogens is 1. The third-order valence-corrected chi connectivity index (χ3v) is 4.28. The lowest BCUT2D eigenvalue weighted by Gasteiger charge is -2.33. The molecule has 1 aliphatic rings. The molecule has 2 heterocycles. The van der Waals surface area contributed by atoms with Gasteiger partial charge in [-0.1, -0.05) is 0 Å². The second kappa shape index (κ2) is 7.49. The first kappa shape index (κ1) is 17.3. The standard InChI is InChI=1S/C16H26BrN3O2/c1-16(2,3)22-15(21)19-9-6-13(7-10-19)5-4-8-20-12-14(17)11-18-20/h11-13H,4-10H2,1-3H3. The van der Waals surface area contributed by atoms with Crippen molar-refractivity contribution in [3.63, 3.8) is 0 Å². The van der Waals surface area contributed by atoms with Crippen LogP contribution in [0.5, 0.6) is 0 Å². The normalized spacial score (nSPS) is 16.8. The number of carbonyl (C=O) groups is 1. The molecule has 1 fully saturated rings. The Balaban J connectivity index is 1.65. The van der Waals surface area contributed by atoms with Gasteiger partial charge in [0.1, 0.15) is 5.60 Å². The monoisotopic (exact) mass is 371 g/mol. The molecule has 22 heavy (non-hydrogen) atoms. The van der Waals surface area contributed by atoms with E-state index >= 15 is 0 Å². The fraction of sp³-hybridized carbons (Fsp3) is 0.750. The van der Waals surface area contributed by atoms with Gasteiger partial charge >= 0.3 is 6.09 Å². The Kier molecular flexibility index (Phi) is 5.89. The molecule has 1 amide bonds. The van der Waals surface area contributed by atoms with Crippen molar-refractivity contribution >= 4 is 22.0 Å². The van der Waals surface area contributed by atoms with Gasteiger partial charge in [0.15, 0.2) is 0 Å². The average molecular weight is 372 g/mol. The Morgan fingerprint density at radius 3 is 2.64 bits per heavy atom. The summed E-state index contributed by atoms with van der Waals surface area (Å²) in [5, 5.41) is 4.27. The van der Waals surface area contributed by atoms with Gasteiger partial charge in [-0.15, -0.1) is 0 Å². The van der Waals surface area contributed by atoms with Gasteiger partial charge in [-0.3, -0.25) is 4.68 Å². The zero-order valence-corrected chi connectivity index (χ0v) is 15.3. The Morgan fingerprint density at radius 2 is 2.09 bits per heavy atom. The zero-order chi connectivity index (χ0) is 16.2. The smallest absolute Gasteiger partial charge is 0.410 e. The molecule has 1 saturated heterocycles. The van der Waals surface area contributed by atoms with Gasteiger partial charge in [-0.2, -0.15) is 5.10 Å². The molecular weight excluding hydrogens is 346 g/mol. The van der Waals surface area contributed by atoms with Gasteiger partial charge in [0.05, 0.1) is 10.7 Å². The average Bonchev–Trinajstić information content (AvgIpc) is 2.83. The zero-order valence-electron chi connectivity index (χ0n) is 13.7. The fourth-order valence-corrected chi connectivity index (χ4v) is 3.06. The quantitative estimate of drug-likeness (QED) is 0.800. The summed E-state index contributed by atoms with van der Waals surface area (Å²) in [4.78, 5) is 13.8. The van der Waals surface area contributed by atoms with E-state index in [1.807, 2.05) is 42.7 Å². The first-order valence-electron chi connectivity index (χ1n) is 7.99. The number of rotatable bonds is 4. The summed E-state index contributed by atoms with van der Waals surface area (Å²) in [5.74, 6) is 0.706. The molecular formula is C16H26BrN3O2. The first-order valence-corrected chi connectivity index (χ1v) is 8.79. The third kappa shape index (κ3) is 5.63. The van der Waals surface area contributed by atoms with E-state index in [0.29, 0.717) is 5.92 Å². The van der Waals surface area contributed by atoms with Gasteiger partial charge < -0.3 is 9.64 Å². The van der Waals surface area contributed by atoms with Crippen molar-refractivity contribution < 1.29 is 9.53 Å². The number of aryl methyl sites for hydroxylation is 1. The van der Waals surface area contributed by atoms with E-state index in [-0.39, 0.29) is 6.09 Å². The Hall–Kier alpha value is -1.04. The second-order valence-corrected chi connectivity index (χ2v) is 7.89. The highest BCUT2D eigenvalue weighted by molar-refractivity contribution is 9.10. The van der Waals surface area contributed by atoms with Crippen molar-refractivity contribution in [1.82, 2.24) is 14.7 Å². The van der Waals surface area contributed by atoms with Crippen molar-refractivity contribution in [3.05, 3.63) is 16.9 Å². The minimum atomic E-state index is -0.411. The van der Waals surface area contributed by atoms with E-state index < -0.39 is 5.60 Å². The van der Waals surface area contributed by atoms with E-state index in [9.17, 15) is 4.79 Å². The number of ether oxygens (including phenoxy) is 1. The summed E-state index contributed by atoms with van der Waals surface area (Å²) < 4.78 is 8.42. The summed E-state index contributed by atoms with van der Waals surface area (Å²) >= 11 is 3.41. The predicted molar refractivity (Wildman–Crippen MR) is 89.7 cm³/mol. The maximum atomic E-state index is 12.0. The van der Waals surface area contributed by atoms with E-state index in [1.54, 1.807) is 0 Å². The third-order valence-electron chi connectivity index (χ3n) is 3.87. The maximum absolute atomic E-state index is 12.0. The molecule has 0 N–H and O–H groups in total. The molecule has 0 aliphatic carbocycles. The molecule has 0 spiro atoms. The topological polar surface area (TPSA) is 47.4 Å². The maximum Gasteiger partial charge on any atom is 0.410 e. The number of carbonyl (C=O) groups excluding carboxylic acids is 1. The lowest BCUT2D eigenvalue weighted by atomic mass is 9.92. The predicted octanol–water partition coefficient (Wildman–Crippen LogP) is 4.07. The van der Waals surface area contributed by atoms with E-state index in [2.05, 4.69) is 21.0 Å². The minimum absolute atomic E-state index is 0.174. The Bertz CT molecular complexity index is 488. The number of likely N-dealkylation sites (tertiary alicyclic amines) is 1. The number of piperidine rings is 1. The van der Waals surface area contributed by atoms with Gasteiger partial charge in [-0.05, 0) is 68.3 Å². The largest absolute Gasteiger partial charge is 0.444 e. The van der Waals surface area contributed by atoms with Gasteiger partial charge in [0.2, 0.25) is 0 Å². The second-order valence-electron chi connectivity index (χ2n) is 6.97. The van der Waals surface area contributed by atoms with E-state index in [1.165, 1.54) is 6.42 Å². The van der Waals surface area contributed by atoms with Crippen LogP contribution in [0.15, 0.2) is 16.9 Å². The molecule has 0 saturated carbocycles. The SMILES string of the molecule is CC(C)(C)OC(=O)N1CCC(CCCn2cc(Br)cn2)CC1. The van der Waals surface area contributed by atoms with Crippen LogP contribution in [-0.2, 0) is 11.3 Å². The van der Waals surface area contributed by atoms with Crippen LogP contribution in [-0.4, -0.2) is 39.5 Å². The molecule has 124 valence electrons. The summed E-state index contributed by atoms with van der Waals surface area (Å²) in [7, 11) is 0. The van der Waals surface area contributed by atoms with Gasteiger partial charge in [0, 0.05) is 25.8 Å².